The summed E-state index contributed by atoms with van der Waals surface area (Å²) in [5.41, 5.74) is 3.15. The molecule has 0 saturated heterocycles. The van der Waals surface area contributed by atoms with E-state index in [0.29, 0.717) is 11.1 Å². The third-order valence-corrected chi connectivity index (χ3v) is 5.15. The fourth-order valence-corrected chi connectivity index (χ4v) is 3.86. The fourth-order valence-electron chi connectivity index (χ4n) is 2.24. The Balaban J connectivity index is 2.55. The van der Waals surface area contributed by atoms with Crippen LogP contribution in [0.4, 0.5) is 10.2 Å². The van der Waals surface area contributed by atoms with Crippen LogP contribution >= 0.6 is 0 Å². The Morgan fingerprint density at radius 1 is 1.05 bits per heavy atom. The summed E-state index contributed by atoms with van der Waals surface area (Å²) in [6.07, 6.45) is 0. The Morgan fingerprint density at radius 3 is 2.14 bits per heavy atom. The number of nitrogens with one attached hydrogen (secondary N) is 1. The molecule has 2 rings (SSSR count). The average molecular weight is 308 g/mol. The molecule has 0 saturated carbocycles. The Morgan fingerprint density at radius 2 is 1.62 bits per heavy atom. The summed E-state index contributed by atoms with van der Waals surface area (Å²) in [6.45, 7) is 7.24. The monoisotopic (exact) mass is 308 g/mol. The molecule has 0 radical (unpaired) electrons. The molecule has 0 spiro atoms. The topological polar surface area (TPSA) is 59.1 Å². The SMILES string of the molecule is Cc1cc(C)c(C)c(S(=O)(=O)Nc2cccc(F)n2)c1C. The quantitative estimate of drug-likeness (QED) is 0.885. The predicted molar refractivity (Wildman–Crippen MR) is 80.4 cm³/mol. The summed E-state index contributed by atoms with van der Waals surface area (Å²) < 4.78 is 40.6. The van der Waals surface area contributed by atoms with Gasteiger partial charge in [0.1, 0.15) is 5.82 Å². The number of rotatable bonds is 3. The molecule has 2 aromatic rings. The normalized spacial score (nSPS) is 11.5. The van der Waals surface area contributed by atoms with Crippen molar-refractivity contribution in [3.05, 3.63) is 52.5 Å². The second kappa shape index (κ2) is 5.44. The Labute approximate surface area is 124 Å². The van der Waals surface area contributed by atoms with E-state index in [1.54, 1.807) is 13.8 Å². The van der Waals surface area contributed by atoms with Crippen LogP contribution in [0.3, 0.4) is 0 Å². The standard InChI is InChI=1S/C15H17FN2O2S/c1-9-8-10(2)12(4)15(11(9)3)21(19,20)18-14-7-5-6-13(16)17-14/h5-8H,1-4H3,(H,17,18). The van der Waals surface area contributed by atoms with E-state index in [0.717, 1.165) is 17.2 Å². The van der Waals surface area contributed by atoms with E-state index in [2.05, 4.69) is 9.71 Å². The first-order chi connectivity index (χ1) is 9.72. The maximum absolute atomic E-state index is 13.1. The average Bonchev–Trinajstić information content (AvgIpc) is 2.35. The Kier molecular flexibility index (Phi) is 4.00. The van der Waals surface area contributed by atoms with Crippen LogP contribution in [-0.2, 0) is 10.0 Å². The first-order valence-corrected chi connectivity index (χ1v) is 7.93. The van der Waals surface area contributed by atoms with Crippen molar-refractivity contribution in [1.29, 1.82) is 0 Å². The van der Waals surface area contributed by atoms with Crippen molar-refractivity contribution in [2.45, 2.75) is 32.6 Å². The van der Waals surface area contributed by atoms with Crippen LogP contribution in [0.15, 0.2) is 29.2 Å². The molecular formula is C15H17FN2O2S. The minimum absolute atomic E-state index is 0.0343. The van der Waals surface area contributed by atoms with Crippen molar-refractivity contribution in [3.63, 3.8) is 0 Å². The minimum Gasteiger partial charge on any atom is -0.263 e. The molecule has 1 aromatic carbocycles. The molecule has 1 heterocycles. The number of benzene rings is 1. The van der Waals surface area contributed by atoms with Gasteiger partial charge in [0, 0.05) is 0 Å². The molecule has 0 unspecified atom stereocenters. The molecule has 1 aromatic heterocycles. The van der Waals surface area contributed by atoms with E-state index < -0.39 is 16.0 Å². The molecule has 1 N–H and O–H groups in total. The highest BCUT2D eigenvalue weighted by Gasteiger charge is 2.22. The molecule has 0 amide bonds. The van der Waals surface area contributed by atoms with Crippen molar-refractivity contribution in [1.82, 2.24) is 4.98 Å². The molecule has 112 valence electrons. The lowest BCUT2D eigenvalue weighted by atomic mass is 10.0. The van der Waals surface area contributed by atoms with Gasteiger partial charge in [-0.3, -0.25) is 4.72 Å². The number of hydrogen-bond acceptors (Lipinski definition) is 3. The van der Waals surface area contributed by atoms with E-state index >= 15 is 0 Å². The van der Waals surface area contributed by atoms with Gasteiger partial charge < -0.3 is 0 Å². The van der Waals surface area contributed by atoms with Gasteiger partial charge in [0.15, 0.2) is 0 Å². The maximum Gasteiger partial charge on any atom is 0.263 e. The lowest BCUT2D eigenvalue weighted by molar-refractivity contribution is 0.584. The number of sulfonamides is 1. The minimum atomic E-state index is -3.82. The Bertz CT molecular complexity index is 775. The molecule has 4 nitrogen and oxygen atoms in total. The second-order valence-electron chi connectivity index (χ2n) is 5.04. The van der Waals surface area contributed by atoms with E-state index in [1.165, 1.54) is 12.1 Å². The Hall–Kier alpha value is -1.95. The fraction of sp³-hybridized carbons (Fsp3) is 0.267. The van der Waals surface area contributed by atoms with E-state index in [4.69, 9.17) is 0 Å². The molecule has 0 atom stereocenters. The van der Waals surface area contributed by atoms with Crippen molar-refractivity contribution in [2.75, 3.05) is 4.72 Å². The summed E-state index contributed by atoms with van der Waals surface area (Å²) >= 11 is 0. The van der Waals surface area contributed by atoms with E-state index in [-0.39, 0.29) is 10.7 Å². The van der Waals surface area contributed by atoms with Gasteiger partial charge in [-0.1, -0.05) is 12.1 Å². The van der Waals surface area contributed by atoms with Gasteiger partial charge in [0.05, 0.1) is 4.90 Å². The van der Waals surface area contributed by atoms with Gasteiger partial charge in [0.2, 0.25) is 5.95 Å². The lowest BCUT2D eigenvalue weighted by Gasteiger charge is -2.16. The zero-order valence-electron chi connectivity index (χ0n) is 12.4. The van der Waals surface area contributed by atoms with Crippen molar-refractivity contribution < 1.29 is 12.8 Å². The maximum atomic E-state index is 13.1. The number of halogens is 1. The highest BCUT2D eigenvalue weighted by molar-refractivity contribution is 7.92. The van der Waals surface area contributed by atoms with Gasteiger partial charge >= 0.3 is 0 Å². The molecular weight excluding hydrogens is 291 g/mol. The molecule has 21 heavy (non-hydrogen) atoms. The zero-order valence-corrected chi connectivity index (χ0v) is 13.2. The van der Waals surface area contributed by atoms with Gasteiger partial charge in [0.25, 0.3) is 10.0 Å². The molecule has 0 aliphatic carbocycles. The van der Waals surface area contributed by atoms with Crippen LogP contribution in [0, 0.1) is 33.6 Å². The third kappa shape index (κ3) is 3.05. The van der Waals surface area contributed by atoms with Crippen LogP contribution in [0.25, 0.3) is 0 Å². The summed E-state index contributed by atoms with van der Waals surface area (Å²) in [6, 6.07) is 5.92. The molecule has 0 aliphatic heterocycles. The largest absolute Gasteiger partial charge is 0.263 e. The molecule has 0 fully saturated rings. The first kappa shape index (κ1) is 15.4. The number of aromatic nitrogens is 1. The van der Waals surface area contributed by atoms with Crippen LogP contribution < -0.4 is 4.72 Å². The van der Waals surface area contributed by atoms with Crippen LogP contribution in [0.1, 0.15) is 22.3 Å². The lowest BCUT2D eigenvalue weighted by Crippen LogP contribution is -2.17. The number of pyridine rings is 1. The van der Waals surface area contributed by atoms with E-state index in [9.17, 15) is 12.8 Å². The first-order valence-electron chi connectivity index (χ1n) is 6.45. The van der Waals surface area contributed by atoms with Gasteiger partial charge in [-0.2, -0.15) is 4.39 Å². The third-order valence-electron chi connectivity index (χ3n) is 3.52. The number of anilines is 1. The highest BCUT2D eigenvalue weighted by Crippen LogP contribution is 2.27. The summed E-state index contributed by atoms with van der Waals surface area (Å²) in [5.74, 6) is -0.767. The number of aryl methyl sites for hydroxylation is 2. The van der Waals surface area contributed by atoms with Crippen LogP contribution in [0.2, 0.25) is 0 Å². The van der Waals surface area contributed by atoms with Crippen LogP contribution in [0.5, 0.6) is 0 Å². The van der Waals surface area contributed by atoms with Crippen molar-refractivity contribution in [3.8, 4) is 0 Å². The predicted octanol–water partition coefficient (Wildman–Crippen LogP) is 3.26. The van der Waals surface area contributed by atoms with Gasteiger partial charge in [-0.05, 0) is 62.1 Å². The van der Waals surface area contributed by atoms with Gasteiger partial charge in [-0.15, -0.1) is 0 Å². The van der Waals surface area contributed by atoms with E-state index in [1.807, 2.05) is 19.9 Å². The van der Waals surface area contributed by atoms with Crippen molar-refractivity contribution >= 4 is 15.8 Å². The van der Waals surface area contributed by atoms with Crippen LogP contribution in [-0.4, -0.2) is 13.4 Å². The zero-order chi connectivity index (χ0) is 15.8. The highest BCUT2D eigenvalue weighted by atomic mass is 32.2. The van der Waals surface area contributed by atoms with Crippen molar-refractivity contribution in [2.24, 2.45) is 0 Å². The number of hydrogen-bond donors (Lipinski definition) is 1. The number of nitrogens with zero attached hydrogens (tertiary/aromatic N) is 1. The summed E-state index contributed by atoms with van der Waals surface area (Å²) in [4.78, 5) is 3.76. The smallest absolute Gasteiger partial charge is 0.263 e. The molecule has 0 aliphatic rings. The molecule has 0 bridgehead atoms. The summed E-state index contributed by atoms with van der Waals surface area (Å²) in [5, 5.41) is 0. The van der Waals surface area contributed by atoms with Gasteiger partial charge in [-0.25, -0.2) is 13.4 Å². The second-order valence-corrected chi connectivity index (χ2v) is 6.66. The molecule has 6 heteroatoms. The summed E-state index contributed by atoms with van der Waals surface area (Å²) in [7, 11) is -3.82.